The molecule has 0 heterocycles. The molecule has 0 spiro atoms. The number of aryl methyl sites for hydroxylation is 1. The van der Waals surface area contributed by atoms with E-state index in [9.17, 15) is 4.79 Å². The van der Waals surface area contributed by atoms with Crippen LogP contribution in [-0.2, 0) is 0 Å². The van der Waals surface area contributed by atoms with Gasteiger partial charge in [-0.2, -0.15) is 0 Å². The van der Waals surface area contributed by atoms with Crippen LogP contribution in [0.4, 0.5) is 0 Å². The topological polar surface area (TPSA) is 105 Å². The molecule has 0 aliphatic heterocycles. The highest BCUT2D eigenvalue weighted by Crippen LogP contribution is 2.19. The second-order valence-electron chi connectivity index (χ2n) is 5.47. The molecule has 2 rings (SSSR count). The first-order chi connectivity index (χ1) is 11.6. The van der Waals surface area contributed by atoms with E-state index in [1.165, 1.54) is 12.4 Å². The van der Waals surface area contributed by atoms with Crippen molar-refractivity contribution in [2.45, 2.75) is 13.0 Å². The second kappa shape index (κ2) is 8.08. The zero-order valence-electron chi connectivity index (χ0n) is 13.6. The molecule has 2 aromatic carbocycles. The van der Waals surface area contributed by atoms with Crippen LogP contribution in [0.2, 0.25) is 0 Å². The van der Waals surface area contributed by atoms with E-state index in [4.69, 9.17) is 16.9 Å². The summed E-state index contributed by atoms with van der Waals surface area (Å²) < 4.78 is 0. The van der Waals surface area contributed by atoms with Crippen molar-refractivity contribution in [3.05, 3.63) is 77.0 Å². The van der Waals surface area contributed by atoms with E-state index >= 15 is 0 Å². The van der Waals surface area contributed by atoms with Gasteiger partial charge in [0, 0.05) is 30.1 Å². The zero-order chi connectivity index (χ0) is 17.5. The maximum atomic E-state index is 12.5. The van der Waals surface area contributed by atoms with Crippen LogP contribution >= 0.6 is 0 Å². The fourth-order valence-electron chi connectivity index (χ4n) is 2.55. The van der Waals surface area contributed by atoms with Crippen LogP contribution in [0.15, 0.2) is 54.7 Å². The van der Waals surface area contributed by atoms with Gasteiger partial charge in [0.1, 0.15) is 0 Å². The van der Waals surface area contributed by atoms with Gasteiger partial charge in [-0.3, -0.25) is 4.79 Å². The highest BCUT2D eigenvalue weighted by Gasteiger charge is 2.15. The van der Waals surface area contributed by atoms with Crippen molar-refractivity contribution in [3.63, 3.8) is 0 Å². The molecule has 5 nitrogen and oxygen atoms in total. The smallest absolute Gasteiger partial charge is 0.251 e. The summed E-state index contributed by atoms with van der Waals surface area (Å²) in [5.74, 6) is -0.183. The number of allylic oxidation sites excluding steroid dienone is 1. The molecule has 124 valence electrons. The molecule has 0 radical (unpaired) electrons. The molecular weight excluding hydrogens is 300 g/mol. The van der Waals surface area contributed by atoms with Crippen LogP contribution in [0.3, 0.4) is 0 Å². The number of rotatable bonds is 6. The summed E-state index contributed by atoms with van der Waals surface area (Å²) in [7, 11) is 0. The Morgan fingerprint density at radius 2 is 1.96 bits per heavy atom. The minimum Gasteiger partial charge on any atom is -0.404 e. The highest BCUT2D eigenvalue weighted by atomic mass is 16.1. The van der Waals surface area contributed by atoms with E-state index in [1.54, 1.807) is 18.2 Å². The van der Waals surface area contributed by atoms with E-state index in [2.05, 4.69) is 5.32 Å². The van der Waals surface area contributed by atoms with Crippen molar-refractivity contribution < 1.29 is 4.79 Å². The lowest BCUT2D eigenvalue weighted by atomic mass is 9.99. The Balaban J connectivity index is 2.21. The summed E-state index contributed by atoms with van der Waals surface area (Å²) in [5, 5.41) is 10.3. The van der Waals surface area contributed by atoms with Crippen molar-refractivity contribution in [1.29, 1.82) is 5.41 Å². The molecule has 0 aliphatic rings. The number of nitrogens with two attached hydrogens (primary N) is 2. The molecule has 0 bridgehead atoms. The molecule has 0 saturated carbocycles. The summed E-state index contributed by atoms with van der Waals surface area (Å²) in [6, 6.07) is 14.7. The third-order valence-corrected chi connectivity index (χ3v) is 3.88. The number of benzene rings is 2. The molecule has 1 amide bonds. The Morgan fingerprint density at radius 1 is 1.25 bits per heavy atom. The van der Waals surface area contributed by atoms with Crippen LogP contribution in [0.1, 0.15) is 33.1 Å². The van der Waals surface area contributed by atoms with Crippen LogP contribution in [0.5, 0.6) is 0 Å². The van der Waals surface area contributed by atoms with Gasteiger partial charge < -0.3 is 22.2 Å². The molecule has 5 heteroatoms. The van der Waals surface area contributed by atoms with E-state index in [0.29, 0.717) is 17.7 Å². The number of hydrogen-bond donors (Lipinski definition) is 4. The monoisotopic (exact) mass is 322 g/mol. The summed E-state index contributed by atoms with van der Waals surface area (Å²) in [5.41, 5.74) is 15.2. The number of carbonyl (C=O) groups excluding carboxylic acids is 1. The first kappa shape index (κ1) is 17.4. The van der Waals surface area contributed by atoms with Gasteiger partial charge in [-0.05, 0) is 35.7 Å². The van der Waals surface area contributed by atoms with Crippen molar-refractivity contribution >= 4 is 17.7 Å². The van der Waals surface area contributed by atoms with Crippen molar-refractivity contribution in [3.8, 4) is 0 Å². The third-order valence-electron chi connectivity index (χ3n) is 3.88. The molecule has 1 atom stereocenters. The molecule has 6 N–H and O–H groups in total. The van der Waals surface area contributed by atoms with Crippen molar-refractivity contribution in [1.82, 2.24) is 5.32 Å². The predicted molar refractivity (Wildman–Crippen MR) is 97.8 cm³/mol. The van der Waals surface area contributed by atoms with E-state index < -0.39 is 0 Å². The number of carbonyl (C=O) groups is 1. The van der Waals surface area contributed by atoms with E-state index in [-0.39, 0.29) is 11.9 Å². The van der Waals surface area contributed by atoms with Crippen LogP contribution < -0.4 is 16.8 Å². The second-order valence-corrected chi connectivity index (χ2v) is 5.47. The van der Waals surface area contributed by atoms with Gasteiger partial charge in [0.05, 0.1) is 6.04 Å². The van der Waals surface area contributed by atoms with Crippen LogP contribution in [0, 0.1) is 12.3 Å². The van der Waals surface area contributed by atoms with Gasteiger partial charge in [0.15, 0.2) is 0 Å². The number of hydrogen-bond acceptors (Lipinski definition) is 4. The lowest BCUT2D eigenvalue weighted by molar-refractivity contribution is 0.0937. The highest BCUT2D eigenvalue weighted by molar-refractivity contribution is 6.09. The zero-order valence-corrected chi connectivity index (χ0v) is 13.6. The lowest BCUT2D eigenvalue weighted by Gasteiger charge is -2.18. The average Bonchev–Trinajstić information content (AvgIpc) is 2.62. The van der Waals surface area contributed by atoms with Gasteiger partial charge in [-0.15, -0.1) is 0 Å². The number of nitrogens with one attached hydrogen (secondary N) is 2. The summed E-state index contributed by atoms with van der Waals surface area (Å²) in [6.45, 7) is 2.21. The normalized spacial score (nSPS) is 12.5. The first-order valence-corrected chi connectivity index (χ1v) is 7.70. The Morgan fingerprint density at radius 3 is 2.50 bits per heavy atom. The molecule has 24 heavy (non-hydrogen) atoms. The maximum Gasteiger partial charge on any atom is 0.251 e. The molecule has 1 unspecified atom stereocenters. The van der Waals surface area contributed by atoms with Gasteiger partial charge in [0.25, 0.3) is 5.91 Å². The molecule has 0 fully saturated rings. The fourth-order valence-corrected chi connectivity index (χ4v) is 2.55. The Labute approximate surface area is 141 Å². The molecule has 0 aliphatic carbocycles. The standard InChI is InChI=1S/C19H22N4O/c1-13-9-15(7-8-17(13)16(10-20)11-21)19(24)23-18(12-22)14-5-3-2-4-6-14/h2-11,18,20H,12,21-22H2,1H3,(H,23,24)/b16-11+,20-10?. The van der Waals surface area contributed by atoms with Gasteiger partial charge in [0.2, 0.25) is 0 Å². The maximum absolute atomic E-state index is 12.5. The Hall–Kier alpha value is -2.92. The van der Waals surface area contributed by atoms with Gasteiger partial charge >= 0.3 is 0 Å². The SMILES string of the molecule is Cc1cc(C(=O)NC(CN)c2ccccc2)ccc1/C(C=N)=C/N. The molecule has 0 saturated heterocycles. The van der Waals surface area contributed by atoms with Gasteiger partial charge in [-0.1, -0.05) is 36.4 Å². The predicted octanol–water partition coefficient (Wildman–Crippen LogP) is 2.37. The largest absolute Gasteiger partial charge is 0.404 e. The quantitative estimate of drug-likeness (QED) is 0.614. The first-order valence-electron chi connectivity index (χ1n) is 7.70. The minimum absolute atomic E-state index is 0.183. The molecule has 0 aromatic heterocycles. The summed E-state index contributed by atoms with van der Waals surface area (Å²) in [4.78, 5) is 12.5. The van der Waals surface area contributed by atoms with Crippen molar-refractivity contribution in [2.75, 3.05) is 6.54 Å². The van der Waals surface area contributed by atoms with E-state index in [0.717, 1.165) is 16.7 Å². The summed E-state index contributed by atoms with van der Waals surface area (Å²) in [6.07, 6.45) is 2.58. The summed E-state index contributed by atoms with van der Waals surface area (Å²) >= 11 is 0. The number of amides is 1. The molecular formula is C19H22N4O. The van der Waals surface area contributed by atoms with Crippen molar-refractivity contribution in [2.24, 2.45) is 11.5 Å². The molecule has 2 aromatic rings. The van der Waals surface area contributed by atoms with Crippen LogP contribution in [0.25, 0.3) is 5.57 Å². The fraction of sp³-hybridized carbons (Fsp3) is 0.158. The third kappa shape index (κ3) is 3.88. The minimum atomic E-state index is -0.236. The van der Waals surface area contributed by atoms with Gasteiger partial charge in [-0.25, -0.2) is 0 Å². The lowest BCUT2D eigenvalue weighted by Crippen LogP contribution is -2.33. The Bertz CT molecular complexity index is 753. The average molecular weight is 322 g/mol. The van der Waals surface area contributed by atoms with E-state index in [1.807, 2.05) is 37.3 Å². The van der Waals surface area contributed by atoms with Crippen LogP contribution in [-0.4, -0.2) is 18.7 Å². The Kier molecular flexibility index (Phi) is 5.87.